The van der Waals surface area contributed by atoms with Gasteiger partial charge in [0.1, 0.15) is 0 Å². The van der Waals surface area contributed by atoms with Gasteiger partial charge >= 0.3 is 0 Å². The minimum absolute atomic E-state index is 0.116. The van der Waals surface area contributed by atoms with Crippen molar-refractivity contribution in [3.8, 4) is 0 Å². The maximum atomic E-state index is 9.51. The lowest BCUT2D eigenvalue weighted by molar-refractivity contribution is 0.115. The Labute approximate surface area is 103 Å². The van der Waals surface area contributed by atoms with Crippen LogP contribution in [-0.2, 0) is 0 Å². The van der Waals surface area contributed by atoms with Gasteiger partial charge in [-0.3, -0.25) is 0 Å². The monoisotopic (exact) mass is 228 g/mol. The lowest BCUT2D eigenvalue weighted by Crippen LogP contribution is -2.15. The van der Waals surface area contributed by atoms with Crippen molar-refractivity contribution in [2.75, 3.05) is 0 Å². The van der Waals surface area contributed by atoms with Crippen LogP contribution in [0.2, 0.25) is 0 Å². The Morgan fingerprint density at radius 1 is 0.812 bits per heavy atom. The van der Waals surface area contributed by atoms with Gasteiger partial charge in [0.25, 0.3) is 0 Å². The number of hydrogen-bond acceptors (Lipinski definition) is 1. The maximum absolute atomic E-state index is 9.51. The number of unbranched alkanes of at least 4 members (excludes halogenated alkanes) is 7. The SMILES string of the molecule is CCCCCCCCCCC(CC)C(C)O. The highest BCUT2D eigenvalue weighted by molar-refractivity contribution is 4.63. The van der Waals surface area contributed by atoms with Crippen molar-refractivity contribution in [2.45, 2.75) is 91.1 Å². The highest BCUT2D eigenvalue weighted by Gasteiger charge is 2.11. The third-order valence-corrected chi connectivity index (χ3v) is 3.64. The smallest absolute Gasteiger partial charge is 0.0540 e. The molecule has 1 heteroatoms. The number of aliphatic hydroxyl groups is 1. The summed E-state index contributed by atoms with van der Waals surface area (Å²) in [6, 6.07) is 0. The minimum atomic E-state index is -0.116. The Morgan fingerprint density at radius 3 is 1.75 bits per heavy atom. The summed E-state index contributed by atoms with van der Waals surface area (Å²) >= 11 is 0. The van der Waals surface area contributed by atoms with Crippen molar-refractivity contribution in [1.82, 2.24) is 0 Å². The van der Waals surface area contributed by atoms with E-state index in [0.717, 1.165) is 6.42 Å². The molecule has 98 valence electrons. The summed E-state index contributed by atoms with van der Waals surface area (Å²) in [5, 5.41) is 9.51. The topological polar surface area (TPSA) is 20.2 Å². The van der Waals surface area contributed by atoms with Gasteiger partial charge in [-0.1, -0.05) is 71.6 Å². The highest BCUT2D eigenvalue weighted by atomic mass is 16.3. The summed E-state index contributed by atoms with van der Waals surface area (Å²) in [5.74, 6) is 0.528. The van der Waals surface area contributed by atoms with Crippen LogP contribution < -0.4 is 0 Å². The molecular weight excluding hydrogens is 196 g/mol. The van der Waals surface area contributed by atoms with Gasteiger partial charge in [-0.15, -0.1) is 0 Å². The van der Waals surface area contributed by atoms with Crippen LogP contribution in [0.25, 0.3) is 0 Å². The molecule has 0 radical (unpaired) electrons. The largest absolute Gasteiger partial charge is 0.393 e. The Hall–Kier alpha value is -0.0400. The van der Waals surface area contributed by atoms with Crippen molar-refractivity contribution in [3.63, 3.8) is 0 Å². The molecule has 0 aliphatic carbocycles. The van der Waals surface area contributed by atoms with Crippen molar-refractivity contribution in [2.24, 2.45) is 5.92 Å². The molecule has 0 saturated heterocycles. The second kappa shape index (κ2) is 11.4. The normalized spacial score (nSPS) is 15.0. The standard InChI is InChI=1S/C15H32O/c1-4-6-7-8-9-10-11-12-13-15(5-2)14(3)16/h14-16H,4-13H2,1-3H3. The molecule has 0 rings (SSSR count). The molecule has 0 aromatic heterocycles. The van der Waals surface area contributed by atoms with E-state index in [2.05, 4.69) is 13.8 Å². The predicted octanol–water partition coefficient (Wildman–Crippen LogP) is 4.92. The van der Waals surface area contributed by atoms with Crippen LogP contribution in [0.15, 0.2) is 0 Å². The third kappa shape index (κ3) is 9.21. The van der Waals surface area contributed by atoms with Crippen molar-refractivity contribution >= 4 is 0 Å². The zero-order valence-corrected chi connectivity index (χ0v) is 11.7. The molecule has 0 bridgehead atoms. The van der Waals surface area contributed by atoms with Gasteiger partial charge in [0, 0.05) is 0 Å². The Bertz CT molecular complexity index is 131. The summed E-state index contributed by atoms with van der Waals surface area (Å²) in [7, 11) is 0. The Kier molecular flexibility index (Phi) is 11.4. The molecular formula is C15H32O. The fourth-order valence-electron chi connectivity index (χ4n) is 2.33. The molecule has 2 atom stereocenters. The molecule has 0 spiro atoms. The van der Waals surface area contributed by atoms with E-state index in [1.54, 1.807) is 0 Å². The van der Waals surface area contributed by atoms with Crippen LogP contribution >= 0.6 is 0 Å². The molecule has 0 heterocycles. The van der Waals surface area contributed by atoms with Crippen molar-refractivity contribution in [3.05, 3.63) is 0 Å². The fraction of sp³-hybridized carbons (Fsp3) is 1.00. The zero-order valence-electron chi connectivity index (χ0n) is 11.7. The molecule has 1 N–H and O–H groups in total. The number of rotatable bonds is 11. The lowest BCUT2D eigenvalue weighted by atomic mass is 9.93. The third-order valence-electron chi connectivity index (χ3n) is 3.64. The van der Waals surface area contributed by atoms with E-state index in [1.807, 2.05) is 6.92 Å². The number of hydrogen-bond donors (Lipinski definition) is 1. The first-order valence-electron chi connectivity index (χ1n) is 7.40. The zero-order chi connectivity index (χ0) is 12.2. The predicted molar refractivity (Wildman–Crippen MR) is 72.7 cm³/mol. The van der Waals surface area contributed by atoms with E-state index in [9.17, 15) is 5.11 Å². The van der Waals surface area contributed by atoms with E-state index in [0.29, 0.717) is 5.92 Å². The summed E-state index contributed by atoms with van der Waals surface area (Å²) in [4.78, 5) is 0. The molecule has 1 nitrogen and oxygen atoms in total. The van der Waals surface area contributed by atoms with E-state index in [4.69, 9.17) is 0 Å². The van der Waals surface area contributed by atoms with Crippen molar-refractivity contribution in [1.29, 1.82) is 0 Å². The molecule has 0 aliphatic heterocycles. The molecule has 0 amide bonds. The summed E-state index contributed by atoms with van der Waals surface area (Å²) in [6.45, 7) is 6.38. The van der Waals surface area contributed by atoms with E-state index in [-0.39, 0.29) is 6.10 Å². The average Bonchev–Trinajstić information content (AvgIpc) is 2.26. The summed E-state index contributed by atoms with van der Waals surface area (Å²) in [6.07, 6.45) is 13.2. The molecule has 0 aromatic carbocycles. The second-order valence-corrected chi connectivity index (χ2v) is 5.17. The van der Waals surface area contributed by atoms with Crippen LogP contribution in [0.4, 0.5) is 0 Å². The molecule has 0 aliphatic rings. The first-order valence-corrected chi connectivity index (χ1v) is 7.40. The van der Waals surface area contributed by atoms with E-state index >= 15 is 0 Å². The van der Waals surface area contributed by atoms with Gasteiger partial charge in [-0.25, -0.2) is 0 Å². The van der Waals surface area contributed by atoms with Crippen LogP contribution in [-0.4, -0.2) is 11.2 Å². The van der Waals surface area contributed by atoms with Gasteiger partial charge in [0.05, 0.1) is 6.10 Å². The van der Waals surface area contributed by atoms with Gasteiger partial charge in [-0.2, -0.15) is 0 Å². The molecule has 0 aromatic rings. The van der Waals surface area contributed by atoms with Gasteiger partial charge in [-0.05, 0) is 19.3 Å². The van der Waals surface area contributed by atoms with Crippen LogP contribution in [0, 0.1) is 5.92 Å². The highest BCUT2D eigenvalue weighted by Crippen LogP contribution is 2.18. The Balaban J connectivity index is 3.19. The molecule has 0 saturated carbocycles. The van der Waals surface area contributed by atoms with Gasteiger partial charge < -0.3 is 5.11 Å². The molecule has 16 heavy (non-hydrogen) atoms. The van der Waals surface area contributed by atoms with Crippen LogP contribution in [0.5, 0.6) is 0 Å². The molecule has 0 fully saturated rings. The summed E-state index contributed by atoms with van der Waals surface area (Å²) < 4.78 is 0. The first kappa shape index (κ1) is 16.0. The average molecular weight is 228 g/mol. The molecule has 2 unspecified atom stereocenters. The van der Waals surface area contributed by atoms with Crippen molar-refractivity contribution < 1.29 is 5.11 Å². The van der Waals surface area contributed by atoms with Gasteiger partial charge in [0.15, 0.2) is 0 Å². The first-order chi connectivity index (χ1) is 7.72. The van der Waals surface area contributed by atoms with E-state index in [1.165, 1.54) is 57.8 Å². The Morgan fingerprint density at radius 2 is 1.31 bits per heavy atom. The van der Waals surface area contributed by atoms with Crippen LogP contribution in [0.3, 0.4) is 0 Å². The maximum Gasteiger partial charge on any atom is 0.0540 e. The van der Waals surface area contributed by atoms with Crippen LogP contribution in [0.1, 0.15) is 85.0 Å². The second-order valence-electron chi connectivity index (χ2n) is 5.17. The summed E-state index contributed by atoms with van der Waals surface area (Å²) in [5.41, 5.74) is 0. The van der Waals surface area contributed by atoms with Gasteiger partial charge in [0.2, 0.25) is 0 Å². The van der Waals surface area contributed by atoms with E-state index < -0.39 is 0 Å². The quantitative estimate of drug-likeness (QED) is 0.497. The fourth-order valence-corrected chi connectivity index (χ4v) is 2.33. The minimum Gasteiger partial charge on any atom is -0.393 e. The lowest BCUT2D eigenvalue weighted by Gasteiger charge is -2.17. The number of aliphatic hydroxyl groups excluding tert-OH is 1.